The third kappa shape index (κ3) is 6.76. The number of fused-ring (bicyclic) bond motifs is 9. The highest BCUT2D eigenvalue weighted by Gasteiger charge is 2.18. The molecule has 13 aromatic rings. The van der Waals surface area contributed by atoms with Crippen LogP contribution in [0.2, 0.25) is 0 Å². The van der Waals surface area contributed by atoms with E-state index in [0.717, 1.165) is 50.2 Å². The maximum Gasteiger partial charge on any atom is 0.135 e. The van der Waals surface area contributed by atoms with Crippen LogP contribution in [0.5, 0.6) is 5.75 Å². The van der Waals surface area contributed by atoms with Crippen molar-refractivity contribution in [1.29, 1.82) is 0 Å². The summed E-state index contributed by atoms with van der Waals surface area (Å²) in [6.45, 7) is 4.00. The third-order valence-corrected chi connectivity index (χ3v) is 13.2. The van der Waals surface area contributed by atoms with E-state index in [-0.39, 0.29) is 0 Å². The highest BCUT2D eigenvalue weighted by atomic mass is 16.5. The average molecular weight is 863 g/mol. The summed E-state index contributed by atoms with van der Waals surface area (Å²) in [7, 11) is 1.71. The summed E-state index contributed by atoms with van der Waals surface area (Å²) in [4.78, 5) is 0. The number of hydrogen-bond donors (Lipinski definition) is 0. The van der Waals surface area contributed by atoms with Crippen LogP contribution >= 0.6 is 0 Å². The molecule has 0 aliphatic carbocycles. The van der Waals surface area contributed by atoms with Crippen LogP contribution in [0, 0.1) is 0 Å². The quantitative estimate of drug-likeness (QED) is 0.160. The summed E-state index contributed by atoms with van der Waals surface area (Å²) in [5.74, 6) is 0.857. The average Bonchev–Trinajstić information content (AvgIpc) is 4.06. The highest BCUT2D eigenvalue weighted by molar-refractivity contribution is 6.13. The van der Waals surface area contributed by atoms with Crippen molar-refractivity contribution in [3.05, 3.63) is 224 Å². The lowest BCUT2D eigenvalue weighted by Crippen LogP contribution is -1.95. The van der Waals surface area contributed by atoms with E-state index in [1.807, 2.05) is 38.1 Å². The molecule has 0 unspecified atom stereocenters. The Kier molecular flexibility index (Phi) is 9.80. The van der Waals surface area contributed by atoms with Crippen molar-refractivity contribution in [3.63, 3.8) is 0 Å². The molecule has 0 saturated carbocycles. The standard InChI is InChI=1S/C61H40N2O2.C2H6/c1-64-49-16-10-15-45(35-49)43-13-8-11-41(33-43)39-23-25-40(26-24-39)42-12-9-14-44(34-42)46-27-30-58-53(36-46)50-17-2-5-20-56(50)62(58)47-28-31-59-54(37-47)51-18-3-6-21-57(51)63(59)48-29-32-61-55(38-48)52-19-4-7-22-60(52)65-61;1-2/h2-38H,1H3;1-2H3. The Morgan fingerprint density at radius 1 is 0.299 bits per heavy atom. The molecule has 320 valence electrons. The number of benzene rings is 10. The maximum atomic E-state index is 6.20. The van der Waals surface area contributed by atoms with E-state index in [1.165, 1.54) is 77.0 Å². The Balaban J connectivity index is 0.00000231. The molecule has 10 aromatic carbocycles. The number of nitrogens with zero attached hydrogens (tertiary/aromatic N) is 2. The van der Waals surface area contributed by atoms with Gasteiger partial charge in [-0.05, 0) is 136 Å². The van der Waals surface area contributed by atoms with Crippen LogP contribution in [0.1, 0.15) is 13.8 Å². The predicted octanol–water partition coefficient (Wildman–Crippen LogP) is 17.5. The molecule has 4 nitrogen and oxygen atoms in total. The van der Waals surface area contributed by atoms with E-state index in [0.29, 0.717) is 0 Å². The van der Waals surface area contributed by atoms with E-state index in [4.69, 9.17) is 9.15 Å². The molecule has 67 heavy (non-hydrogen) atoms. The molecule has 0 fully saturated rings. The van der Waals surface area contributed by atoms with Crippen LogP contribution in [-0.4, -0.2) is 16.2 Å². The molecular formula is C63H46N2O2. The van der Waals surface area contributed by atoms with Gasteiger partial charge in [-0.1, -0.05) is 147 Å². The van der Waals surface area contributed by atoms with Crippen molar-refractivity contribution in [1.82, 2.24) is 9.13 Å². The molecule has 3 heterocycles. The second kappa shape index (κ2) is 16.4. The van der Waals surface area contributed by atoms with Crippen molar-refractivity contribution in [3.8, 4) is 61.6 Å². The molecular weight excluding hydrogens is 817 g/mol. The van der Waals surface area contributed by atoms with Gasteiger partial charge in [-0.25, -0.2) is 0 Å². The SMILES string of the molecule is CC.COc1cccc(-c2cccc(-c3ccc(-c4cccc(-c5ccc6c(c5)c5ccccc5n6-c5ccc6c(c5)c5ccccc5n6-c5ccc6oc7ccccc7c6c5)c4)cc3)c2)c1. The van der Waals surface area contributed by atoms with Crippen LogP contribution in [0.3, 0.4) is 0 Å². The second-order valence-electron chi connectivity index (χ2n) is 16.9. The van der Waals surface area contributed by atoms with Crippen LogP contribution in [-0.2, 0) is 0 Å². The van der Waals surface area contributed by atoms with Gasteiger partial charge in [0.05, 0.1) is 29.2 Å². The van der Waals surface area contributed by atoms with Crippen molar-refractivity contribution >= 4 is 65.6 Å². The first-order valence-electron chi connectivity index (χ1n) is 23.1. The minimum atomic E-state index is 0.857. The lowest BCUT2D eigenvalue weighted by molar-refractivity contribution is 0.415. The van der Waals surface area contributed by atoms with E-state index >= 15 is 0 Å². The second-order valence-corrected chi connectivity index (χ2v) is 16.9. The van der Waals surface area contributed by atoms with E-state index in [1.54, 1.807) is 7.11 Å². The summed E-state index contributed by atoms with van der Waals surface area (Å²) in [6.07, 6.45) is 0. The Morgan fingerprint density at radius 2 is 0.716 bits per heavy atom. The molecule has 0 atom stereocenters. The van der Waals surface area contributed by atoms with Crippen LogP contribution in [0.25, 0.3) is 121 Å². The number of hydrogen-bond acceptors (Lipinski definition) is 2. The summed E-state index contributed by atoms with van der Waals surface area (Å²) in [5.41, 5.74) is 18.2. The summed E-state index contributed by atoms with van der Waals surface area (Å²) in [5, 5.41) is 7.14. The Hall–Kier alpha value is -8.60. The number of methoxy groups -OCH3 is 1. The fourth-order valence-corrected chi connectivity index (χ4v) is 10.1. The summed E-state index contributed by atoms with van der Waals surface area (Å²) >= 11 is 0. The zero-order valence-electron chi connectivity index (χ0n) is 37.6. The van der Waals surface area contributed by atoms with Gasteiger partial charge in [0.2, 0.25) is 0 Å². The van der Waals surface area contributed by atoms with Gasteiger partial charge in [0.25, 0.3) is 0 Å². The molecule has 0 bridgehead atoms. The fraction of sp³-hybridized carbons (Fsp3) is 0.0476. The predicted molar refractivity (Wildman–Crippen MR) is 282 cm³/mol. The molecule has 13 rings (SSSR count). The Bertz CT molecular complexity index is 4000. The van der Waals surface area contributed by atoms with E-state index in [2.05, 4.69) is 209 Å². The van der Waals surface area contributed by atoms with Crippen molar-refractivity contribution in [2.45, 2.75) is 13.8 Å². The van der Waals surface area contributed by atoms with Gasteiger partial charge in [0.1, 0.15) is 16.9 Å². The minimum absolute atomic E-state index is 0.857. The number of aromatic nitrogens is 2. The lowest BCUT2D eigenvalue weighted by atomic mass is 9.95. The first kappa shape index (κ1) is 40.0. The molecule has 0 spiro atoms. The van der Waals surface area contributed by atoms with Gasteiger partial charge in [-0.3, -0.25) is 0 Å². The summed E-state index contributed by atoms with van der Waals surface area (Å²) in [6, 6.07) is 81.0. The van der Waals surface area contributed by atoms with E-state index < -0.39 is 0 Å². The first-order chi connectivity index (χ1) is 33.1. The van der Waals surface area contributed by atoms with Crippen LogP contribution in [0.4, 0.5) is 0 Å². The van der Waals surface area contributed by atoms with Gasteiger partial charge < -0.3 is 18.3 Å². The van der Waals surface area contributed by atoms with Gasteiger partial charge in [0, 0.05) is 43.7 Å². The highest BCUT2D eigenvalue weighted by Crippen LogP contribution is 2.40. The molecule has 4 heteroatoms. The first-order valence-corrected chi connectivity index (χ1v) is 23.1. The van der Waals surface area contributed by atoms with Crippen LogP contribution < -0.4 is 4.74 Å². The smallest absolute Gasteiger partial charge is 0.135 e. The van der Waals surface area contributed by atoms with Crippen molar-refractivity contribution < 1.29 is 9.15 Å². The molecule has 0 saturated heterocycles. The zero-order valence-corrected chi connectivity index (χ0v) is 37.6. The lowest BCUT2D eigenvalue weighted by Gasteiger charge is -2.11. The molecule has 0 aliphatic heterocycles. The third-order valence-electron chi connectivity index (χ3n) is 13.2. The Labute approximate surface area is 389 Å². The maximum absolute atomic E-state index is 6.20. The van der Waals surface area contributed by atoms with Gasteiger partial charge >= 0.3 is 0 Å². The van der Waals surface area contributed by atoms with Gasteiger partial charge in [0.15, 0.2) is 0 Å². The van der Waals surface area contributed by atoms with Crippen LogP contribution in [0.15, 0.2) is 229 Å². The van der Waals surface area contributed by atoms with Gasteiger partial charge in [-0.15, -0.1) is 0 Å². The topological polar surface area (TPSA) is 32.2 Å². The Morgan fingerprint density at radius 3 is 1.33 bits per heavy atom. The van der Waals surface area contributed by atoms with Gasteiger partial charge in [-0.2, -0.15) is 0 Å². The number of ether oxygens (including phenoxy) is 1. The van der Waals surface area contributed by atoms with E-state index in [9.17, 15) is 0 Å². The largest absolute Gasteiger partial charge is 0.497 e. The fourth-order valence-electron chi connectivity index (χ4n) is 10.1. The number of rotatable bonds is 7. The number of para-hydroxylation sites is 3. The normalized spacial score (nSPS) is 11.5. The molecule has 3 aromatic heterocycles. The molecule has 0 radical (unpaired) electrons. The zero-order chi connectivity index (χ0) is 45.0. The molecule has 0 amide bonds. The monoisotopic (exact) mass is 862 g/mol. The number of furan rings is 1. The van der Waals surface area contributed by atoms with Crippen molar-refractivity contribution in [2.24, 2.45) is 0 Å². The van der Waals surface area contributed by atoms with Crippen molar-refractivity contribution in [2.75, 3.05) is 7.11 Å². The molecule has 0 aliphatic rings. The summed E-state index contributed by atoms with van der Waals surface area (Å²) < 4.78 is 16.5. The molecule has 0 N–H and O–H groups in total. The minimum Gasteiger partial charge on any atom is -0.497 e.